The first-order chi connectivity index (χ1) is 7.55. The Labute approximate surface area is 101 Å². The fourth-order valence-electron chi connectivity index (χ4n) is 1.31. The molecule has 0 unspecified atom stereocenters. The van der Waals surface area contributed by atoms with Gasteiger partial charge in [0.05, 0.1) is 6.61 Å². The number of unbranched alkanes of at least 4 members (excludes halogenated alkanes) is 2. The molecule has 0 N–H and O–H groups in total. The van der Waals surface area contributed by atoms with Gasteiger partial charge in [-0.25, -0.2) is 8.42 Å². The molecule has 90 valence electrons. The summed E-state index contributed by atoms with van der Waals surface area (Å²) in [6.07, 6.45) is 3.07. The molecule has 0 bridgehead atoms. The average Bonchev–Trinajstić information content (AvgIpc) is 2.24. The number of benzene rings is 1. The molecule has 16 heavy (non-hydrogen) atoms. The number of para-hydroxylation sites is 1. The van der Waals surface area contributed by atoms with Crippen molar-refractivity contribution >= 4 is 19.7 Å². The van der Waals surface area contributed by atoms with Crippen molar-refractivity contribution in [2.45, 2.75) is 31.1 Å². The van der Waals surface area contributed by atoms with Crippen LogP contribution >= 0.6 is 10.7 Å². The van der Waals surface area contributed by atoms with Crippen LogP contribution < -0.4 is 4.74 Å². The Morgan fingerprint density at radius 3 is 2.56 bits per heavy atom. The van der Waals surface area contributed by atoms with E-state index < -0.39 is 9.05 Å². The summed E-state index contributed by atoms with van der Waals surface area (Å²) in [6, 6.07) is 6.40. The highest BCUT2D eigenvalue weighted by Crippen LogP contribution is 2.26. The quantitative estimate of drug-likeness (QED) is 0.584. The lowest BCUT2D eigenvalue weighted by Crippen LogP contribution is -2.01. The first-order valence-electron chi connectivity index (χ1n) is 5.22. The van der Waals surface area contributed by atoms with E-state index in [0.29, 0.717) is 12.4 Å². The molecule has 0 heterocycles. The van der Waals surface area contributed by atoms with Crippen LogP contribution in [0.5, 0.6) is 5.75 Å². The predicted molar refractivity (Wildman–Crippen MR) is 64.5 cm³/mol. The Balaban J connectivity index is 2.73. The minimum Gasteiger partial charge on any atom is -0.492 e. The Bertz CT molecular complexity index is 429. The molecule has 0 saturated carbocycles. The van der Waals surface area contributed by atoms with E-state index in [-0.39, 0.29) is 4.90 Å². The summed E-state index contributed by atoms with van der Waals surface area (Å²) < 4.78 is 27.9. The van der Waals surface area contributed by atoms with Crippen molar-refractivity contribution in [1.82, 2.24) is 0 Å². The van der Waals surface area contributed by atoms with E-state index >= 15 is 0 Å². The van der Waals surface area contributed by atoms with Crippen LogP contribution in [0.15, 0.2) is 29.2 Å². The zero-order valence-corrected chi connectivity index (χ0v) is 10.7. The van der Waals surface area contributed by atoms with Gasteiger partial charge >= 0.3 is 0 Å². The molecule has 0 aliphatic heterocycles. The minimum atomic E-state index is -3.73. The fraction of sp³-hybridized carbons (Fsp3) is 0.455. The maximum Gasteiger partial charge on any atom is 0.264 e. The van der Waals surface area contributed by atoms with E-state index in [1.165, 1.54) is 6.07 Å². The molecule has 0 spiro atoms. The zero-order valence-electron chi connectivity index (χ0n) is 9.15. The van der Waals surface area contributed by atoms with Crippen molar-refractivity contribution in [1.29, 1.82) is 0 Å². The van der Waals surface area contributed by atoms with E-state index in [0.717, 1.165) is 19.3 Å². The monoisotopic (exact) mass is 262 g/mol. The van der Waals surface area contributed by atoms with Crippen LogP contribution in [0, 0.1) is 0 Å². The first kappa shape index (κ1) is 13.3. The zero-order chi connectivity index (χ0) is 12.0. The molecule has 0 atom stereocenters. The molecule has 3 nitrogen and oxygen atoms in total. The summed E-state index contributed by atoms with van der Waals surface area (Å²) >= 11 is 0. The lowest BCUT2D eigenvalue weighted by atomic mass is 10.3. The van der Waals surface area contributed by atoms with E-state index in [2.05, 4.69) is 6.92 Å². The lowest BCUT2D eigenvalue weighted by Gasteiger charge is -2.08. The minimum absolute atomic E-state index is 0.0353. The highest BCUT2D eigenvalue weighted by Gasteiger charge is 2.15. The van der Waals surface area contributed by atoms with Crippen molar-refractivity contribution in [3.8, 4) is 5.75 Å². The smallest absolute Gasteiger partial charge is 0.264 e. The molecule has 1 aromatic rings. The molecule has 0 aliphatic rings. The Morgan fingerprint density at radius 2 is 1.94 bits per heavy atom. The number of hydrogen-bond donors (Lipinski definition) is 0. The van der Waals surface area contributed by atoms with Gasteiger partial charge in [-0.1, -0.05) is 31.9 Å². The van der Waals surface area contributed by atoms with Gasteiger partial charge in [-0.05, 0) is 18.6 Å². The summed E-state index contributed by atoms with van der Waals surface area (Å²) in [5.41, 5.74) is 0. The standard InChI is InChI=1S/C11H15ClO3S/c1-2-3-6-9-15-10-7-4-5-8-11(10)16(12,13)14/h4-5,7-8H,2-3,6,9H2,1H3. The third-order valence-electron chi connectivity index (χ3n) is 2.12. The molecule has 1 aromatic carbocycles. The average molecular weight is 263 g/mol. The van der Waals surface area contributed by atoms with E-state index in [1.54, 1.807) is 18.2 Å². The maximum absolute atomic E-state index is 11.2. The predicted octanol–water partition coefficient (Wildman–Crippen LogP) is 3.18. The molecule has 0 aliphatic carbocycles. The molecule has 5 heteroatoms. The second-order valence-electron chi connectivity index (χ2n) is 3.44. The number of ether oxygens (including phenoxy) is 1. The Hall–Kier alpha value is -0.740. The van der Waals surface area contributed by atoms with Gasteiger partial charge in [-0.2, -0.15) is 0 Å². The molecule has 0 fully saturated rings. The van der Waals surface area contributed by atoms with Crippen LogP contribution in [-0.2, 0) is 9.05 Å². The second kappa shape index (κ2) is 6.11. The maximum atomic E-state index is 11.2. The third-order valence-corrected chi connectivity index (χ3v) is 3.48. The van der Waals surface area contributed by atoms with Gasteiger partial charge in [0, 0.05) is 10.7 Å². The summed E-state index contributed by atoms with van der Waals surface area (Å²) in [7, 11) is 1.57. The van der Waals surface area contributed by atoms with Crippen LogP contribution in [0.4, 0.5) is 0 Å². The van der Waals surface area contributed by atoms with E-state index in [1.807, 2.05) is 0 Å². The summed E-state index contributed by atoms with van der Waals surface area (Å²) in [5.74, 6) is 0.327. The summed E-state index contributed by atoms with van der Waals surface area (Å²) in [6.45, 7) is 2.61. The SMILES string of the molecule is CCCCCOc1ccccc1S(=O)(=O)Cl. The van der Waals surface area contributed by atoms with Gasteiger partial charge < -0.3 is 4.74 Å². The van der Waals surface area contributed by atoms with Gasteiger partial charge in [0.15, 0.2) is 0 Å². The molecular weight excluding hydrogens is 248 g/mol. The van der Waals surface area contributed by atoms with Crippen molar-refractivity contribution in [3.05, 3.63) is 24.3 Å². The van der Waals surface area contributed by atoms with Crippen LogP contribution in [0.3, 0.4) is 0 Å². The van der Waals surface area contributed by atoms with Gasteiger partial charge in [0.1, 0.15) is 10.6 Å². The Morgan fingerprint density at radius 1 is 1.25 bits per heavy atom. The normalized spacial score (nSPS) is 11.4. The van der Waals surface area contributed by atoms with Crippen LogP contribution in [0.1, 0.15) is 26.2 Å². The highest BCUT2D eigenvalue weighted by atomic mass is 35.7. The van der Waals surface area contributed by atoms with Gasteiger partial charge in [-0.15, -0.1) is 0 Å². The van der Waals surface area contributed by atoms with Crippen molar-refractivity contribution in [2.24, 2.45) is 0 Å². The van der Waals surface area contributed by atoms with Crippen LogP contribution in [0.2, 0.25) is 0 Å². The van der Waals surface area contributed by atoms with Gasteiger partial charge in [-0.3, -0.25) is 0 Å². The molecule has 1 rings (SSSR count). The summed E-state index contributed by atoms with van der Waals surface area (Å²) in [4.78, 5) is 0.0353. The molecule has 0 saturated heterocycles. The van der Waals surface area contributed by atoms with E-state index in [9.17, 15) is 8.42 Å². The van der Waals surface area contributed by atoms with Gasteiger partial charge in [0.25, 0.3) is 9.05 Å². The molecule has 0 amide bonds. The fourth-order valence-corrected chi connectivity index (χ4v) is 2.30. The van der Waals surface area contributed by atoms with Crippen LogP contribution in [0.25, 0.3) is 0 Å². The third kappa shape index (κ3) is 4.02. The largest absolute Gasteiger partial charge is 0.492 e. The molecule has 0 radical (unpaired) electrons. The van der Waals surface area contributed by atoms with Crippen LogP contribution in [-0.4, -0.2) is 15.0 Å². The number of hydrogen-bond acceptors (Lipinski definition) is 3. The van der Waals surface area contributed by atoms with Crippen molar-refractivity contribution in [2.75, 3.05) is 6.61 Å². The number of rotatable bonds is 6. The van der Waals surface area contributed by atoms with E-state index in [4.69, 9.17) is 15.4 Å². The first-order valence-corrected chi connectivity index (χ1v) is 7.53. The lowest BCUT2D eigenvalue weighted by molar-refractivity contribution is 0.299. The van der Waals surface area contributed by atoms with Crippen molar-refractivity contribution < 1.29 is 13.2 Å². The van der Waals surface area contributed by atoms with Crippen molar-refractivity contribution in [3.63, 3.8) is 0 Å². The second-order valence-corrected chi connectivity index (χ2v) is 5.97. The van der Waals surface area contributed by atoms with Gasteiger partial charge in [0.2, 0.25) is 0 Å². The molecular formula is C11H15ClO3S. The topological polar surface area (TPSA) is 43.4 Å². The number of halogens is 1. The Kier molecular flexibility index (Phi) is 5.09. The summed E-state index contributed by atoms with van der Waals surface area (Å²) in [5, 5.41) is 0. The highest BCUT2D eigenvalue weighted by molar-refractivity contribution is 8.13. The molecule has 0 aromatic heterocycles.